The number of nitrogens with zero attached hydrogens (tertiary/aromatic N) is 1. The molecule has 86 valence electrons. The van der Waals surface area contributed by atoms with Gasteiger partial charge in [0.1, 0.15) is 0 Å². The number of anilines is 1. The predicted molar refractivity (Wildman–Crippen MR) is 75.9 cm³/mol. The first-order valence-electron chi connectivity index (χ1n) is 5.75. The minimum atomic E-state index is 1.20. The number of hydrogen-bond donors (Lipinski definition) is 0. The van der Waals surface area contributed by atoms with Crippen LogP contribution in [-0.2, 0) is 0 Å². The van der Waals surface area contributed by atoms with Crippen LogP contribution >= 0.6 is 0 Å². The fourth-order valence-corrected chi connectivity index (χ4v) is 2.03. The molecular weight excluding hydrogens is 206 g/mol. The maximum atomic E-state index is 3.72. The van der Waals surface area contributed by atoms with Crippen molar-refractivity contribution >= 4 is 11.8 Å². The van der Waals surface area contributed by atoms with Crippen molar-refractivity contribution in [2.45, 2.75) is 6.92 Å². The summed E-state index contributed by atoms with van der Waals surface area (Å²) in [5, 5.41) is 0. The zero-order chi connectivity index (χ0) is 12.3. The Labute approximate surface area is 103 Å². The second kappa shape index (κ2) is 4.88. The van der Waals surface area contributed by atoms with Gasteiger partial charge in [-0.2, -0.15) is 0 Å². The van der Waals surface area contributed by atoms with Crippen LogP contribution in [0.1, 0.15) is 12.5 Å². The summed E-state index contributed by atoms with van der Waals surface area (Å²) in [5.41, 5.74) is 4.92. The van der Waals surface area contributed by atoms with E-state index in [1.165, 1.54) is 22.5 Å². The molecular formula is C16H17N. The van der Waals surface area contributed by atoms with E-state index in [1.807, 2.05) is 6.08 Å². The second-order valence-electron chi connectivity index (χ2n) is 4.11. The molecule has 0 fully saturated rings. The molecule has 1 aromatic carbocycles. The SMILES string of the molecule is C=C/C=C\C1=C(C)C=Cc2ccccc2N1C. The Hall–Kier alpha value is -2.02. The number of fused-ring (bicyclic) bond motifs is 1. The van der Waals surface area contributed by atoms with E-state index in [1.54, 1.807) is 6.08 Å². The molecule has 1 heterocycles. The predicted octanol–water partition coefficient (Wildman–Crippen LogP) is 4.17. The van der Waals surface area contributed by atoms with Crippen LogP contribution in [0.3, 0.4) is 0 Å². The summed E-state index contributed by atoms with van der Waals surface area (Å²) < 4.78 is 0. The Kier molecular flexibility index (Phi) is 3.29. The highest BCUT2D eigenvalue weighted by Gasteiger charge is 2.12. The molecule has 0 saturated heterocycles. The van der Waals surface area contributed by atoms with E-state index in [0.717, 1.165) is 0 Å². The van der Waals surface area contributed by atoms with Crippen LogP contribution < -0.4 is 4.90 Å². The molecule has 1 aliphatic heterocycles. The maximum Gasteiger partial charge on any atom is 0.0481 e. The van der Waals surface area contributed by atoms with Crippen molar-refractivity contribution in [1.82, 2.24) is 0 Å². The zero-order valence-corrected chi connectivity index (χ0v) is 10.4. The smallest absolute Gasteiger partial charge is 0.0481 e. The Morgan fingerprint density at radius 1 is 1.18 bits per heavy atom. The van der Waals surface area contributed by atoms with E-state index in [0.29, 0.717) is 0 Å². The Balaban J connectivity index is 2.52. The van der Waals surface area contributed by atoms with Crippen LogP contribution in [0.25, 0.3) is 6.08 Å². The summed E-state index contributed by atoms with van der Waals surface area (Å²) in [6.45, 7) is 5.84. The fourth-order valence-electron chi connectivity index (χ4n) is 2.03. The molecule has 0 aromatic heterocycles. The van der Waals surface area contributed by atoms with E-state index in [-0.39, 0.29) is 0 Å². The minimum Gasteiger partial charge on any atom is -0.344 e. The maximum absolute atomic E-state index is 3.72. The van der Waals surface area contributed by atoms with Crippen LogP contribution in [0.4, 0.5) is 5.69 Å². The van der Waals surface area contributed by atoms with Crippen LogP contribution in [0.5, 0.6) is 0 Å². The van der Waals surface area contributed by atoms with E-state index < -0.39 is 0 Å². The van der Waals surface area contributed by atoms with Crippen molar-refractivity contribution in [3.05, 3.63) is 72.0 Å². The second-order valence-corrected chi connectivity index (χ2v) is 4.11. The van der Waals surface area contributed by atoms with Crippen molar-refractivity contribution in [2.24, 2.45) is 0 Å². The summed E-state index contributed by atoms with van der Waals surface area (Å²) in [7, 11) is 2.10. The standard InChI is InChI=1S/C16H17N/c1-4-5-9-15-13(2)11-12-14-8-6-7-10-16(14)17(15)3/h4-12H,1H2,2-3H3/b9-5-. The lowest BCUT2D eigenvalue weighted by molar-refractivity contribution is 1.11. The third kappa shape index (κ3) is 2.23. The Morgan fingerprint density at radius 3 is 2.71 bits per heavy atom. The first-order chi connectivity index (χ1) is 8.24. The van der Waals surface area contributed by atoms with Gasteiger partial charge in [-0.15, -0.1) is 0 Å². The summed E-state index contributed by atoms with van der Waals surface area (Å²) >= 11 is 0. The van der Waals surface area contributed by atoms with Gasteiger partial charge in [-0.3, -0.25) is 0 Å². The number of likely N-dealkylation sites (N-methyl/N-ethyl adjacent to an activating group) is 1. The van der Waals surface area contributed by atoms with Crippen LogP contribution in [0, 0.1) is 0 Å². The van der Waals surface area contributed by atoms with Crippen molar-refractivity contribution in [3.8, 4) is 0 Å². The molecule has 0 aliphatic carbocycles. The molecule has 1 aliphatic rings. The van der Waals surface area contributed by atoms with Gasteiger partial charge in [0.15, 0.2) is 0 Å². The van der Waals surface area contributed by atoms with E-state index in [9.17, 15) is 0 Å². The number of benzene rings is 1. The fraction of sp³-hybridized carbons (Fsp3) is 0.125. The lowest BCUT2D eigenvalue weighted by atomic mass is 10.1. The van der Waals surface area contributed by atoms with Crippen molar-refractivity contribution in [1.29, 1.82) is 0 Å². The van der Waals surface area contributed by atoms with Gasteiger partial charge < -0.3 is 4.90 Å². The van der Waals surface area contributed by atoms with Crippen molar-refractivity contribution in [3.63, 3.8) is 0 Å². The quantitative estimate of drug-likeness (QED) is 0.680. The lowest BCUT2D eigenvalue weighted by Crippen LogP contribution is -2.16. The zero-order valence-electron chi connectivity index (χ0n) is 10.4. The highest BCUT2D eigenvalue weighted by atomic mass is 15.1. The molecule has 1 heteroatoms. The molecule has 0 atom stereocenters. The molecule has 1 aromatic rings. The van der Waals surface area contributed by atoms with Gasteiger partial charge in [0.2, 0.25) is 0 Å². The van der Waals surface area contributed by atoms with E-state index in [2.05, 4.69) is 67.9 Å². The third-order valence-electron chi connectivity index (χ3n) is 2.97. The van der Waals surface area contributed by atoms with E-state index >= 15 is 0 Å². The van der Waals surface area contributed by atoms with Gasteiger partial charge in [0, 0.05) is 18.4 Å². The average Bonchev–Trinajstić information content (AvgIpc) is 2.47. The van der Waals surface area contributed by atoms with Crippen LogP contribution in [0.15, 0.2) is 66.4 Å². The minimum absolute atomic E-state index is 1.20. The first-order valence-corrected chi connectivity index (χ1v) is 5.75. The molecule has 0 saturated carbocycles. The van der Waals surface area contributed by atoms with Gasteiger partial charge in [-0.25, -0.2) is 0 Å². The first kappa shape index (κ1) is 11.5. The number of hydrogen-bond acceptors (Lipinski definition) is 1. The number of para-hydroxylation sites is 1. The summed E-state index contributed by atoms with van der Waals surface area (Å²) in [5.74, 6) is 0. The Bertz CT molecular complexity index is 518. The molecule has 17 heavy (non-hydrogen) atoms. The van der Waals surface area contributed by atoms with Crippen molar-refractivity contribution in [2.75, 3.05) is 11.9 Å². The molecule has 0 amide bonds. The molecule has 0 N–H and O–H groups in total. The largest absolute Gasteiger partial charge is 0.344 e. The molecule has 0 spiro atoms. The van der Waals surface area contributed by atoms with Crippen molar-refractivity contribution < 1.29 is 0 Å². The van der Waals surface area contributed by atoms with Gasteiger partial charge in [0.25, 0.3) is 0 Å². The van der Waals surface area contributed by atoms with Crippen LogP contribution in [0.2, 0.25) is 0 Å². The average molecular weight is 223 g/mol. The molecule has 2 rings (SSSR count). The summed E-state index contributed by atoms with van der Waals surface area (Å²) in [6.07, 6.45) is 10.2. The topological polar surface area (TPSA) is 3.24 Å². The highest BCUT2D eigenvalue weighted by molar-refractivity contribution is 5.74. The lowest BCUT2D eigenvalue weighted by Gasteiger charge is -2.22. The molecule has 0 bridgehead atoms. The summed E-state index contributed by atoms with van der Waals surface area (Å²) in [6, 6.07) is 8.41. The van der Waals surface area contributed by atoms with E-state index in [4.69, 9.17) is 0 Å². The normalized spacial score (nSPS) is 15.1. The molecule has 1 nitrogen and oxygen atoms in total. The monoisotopic (exact) mass is 223 g/mol. The highest BCUT2D eigenvalue weighted by Crippen LogP contribution is 2.29. The van der Waals surface area contributed by atoms with Gasteiger partial charge >= 0.3 is 0 Å². The van der Waals surface area contributed by atoms with Gasteiger partial charge in [0.05, 0.1) is 0 Å². The number of allylic oxidation sites excluding steroid dienone is 5. The number of rotatable bonds is 2. The molecule has 0 unspecified atom stereocenters. The van der Waals surface area contributed by atoms with Crippen LogP contribution in [-0.4, -0.2) is 7.05 Å². The van der Waals surface area contributed by atoms with Gasteiger partial charge in [-0.1, -0.05) is 49.1 Å². The third-order valence-corrected chi connectivity index (χ3v) is 2.97. The van der Waals surface area contributed by atoms with Gasteiger partial charge in [-0.05, 0) is 30.2 Å². The Morgan fingerprint density at radius 2 is 1.94 bits per heavy atom. The summed E-state index contributed by atoms with van der Waals surface area (Å²) in [4.78, 5) is 2.21. The molecule has 0 radical (unpaired) electrons.